The first-order chi connectivity index (χ1) is 19.9. The Morgan fingerprint density at radius 2 is 1.95 bits per heavy atom. The van der Waals surface area contributed by atoms with Crippen molar-refractivity contribution in [1.82, 2.24) is 29.5 Å². The third-order valence-corrected chi connectivity index (χ3v) is 8.51. The maximum Gasteiger partial charge on any atom is 0.276 e. The molecule has 2 aliphatic heterocycles. The van der Waals surface area contributed by atoms with Crippen molar-refractivity contribution in [1.29, 1.82) is 0 Å². The number of aromatic nitrogens is 4. The summed E-state index contributed by atoms with van der Waals surface area (Å²) in [5, 5.41) is 10.0. The molecule has 2 aliphatic rings. The van der Waals surface area contributed by atoms with Crippen LogP contribution in [-0.2, 0) is 4.79 Å². The molecule has 1 atom stereocenters. The number of benzene rings is 1. The fourth-order valence-electron chi connectivity index (χ4n) is 5.37. The first kappa shape index (κ1) is 27.0. The van der Waals surface area contributed by atoms with E-state index in [4.69, 9.17) is 5.10 Å². The van der Waals surface area contributed by atoms with Crippen molar-refractivity contribution in [2.45, 2.75) is 24.8 Å². The van der Waals surface area contributed by atoms with Gasteiger partial charge in [0.05, 0.1) is 11.6 Å². The molecule has 2 amide bonds. The molecule has 0 saturated carbocycles. The molecule has 0 bridgehead atoms. The van der Waals surface area contributed by atoms with Crippen molar-refractivity contribution in [2.24, 2.45) is 0 Å². The molecule has 1 N–H and O–H groups in total. The number of likely N-dealkylation sites (N-methyl/N-ethyl adjacent to an activating group) is 1. The lowest BCUT2D eigenvalue weighted by atomic mass is 9.93. The zero-order valence-corrected chi connectivity index (χ0v) is 23.5. The van der Waals surface area contributed by atoms with Crippen LogP contribution in [0.15, 0.2) is 66.8 Å². The summed E-state index contributed by atoms with van der Waals surface area (Å²) in [5.74, 6) is 0.162. The Morgan fingerprint density at radius 3 is 2.66 bits per heavy atom. The van der Waals surface area contributed by atoms with Crippen LogP contribution in [0.5, 0.6) is 0 Å². The molecule has 2 saturated heterocycles. The molecule has 9 nitrogen and oxygen atoms in total. The number of hydrogen-bond donors (Lipinski definition) is 1. The Morgan fingerprint density at radius 1 is 1.15 bits per heavy atom. The SMILES string of the molecule is C=CC(=O)N1CCCC(n2cc(-c3nc(C(=O)Nc4ccc(C5CN(C)C5)cn4)cs3)c(-c3ccc(F)cc3)n2)C1. The van der Waals surface area contributed by atoms with Crippen LogP contribution in [0.1, 0.15) is 40.9 Å². The standard InChI is InChI=1S/C30H30FN7O2S/c1-3-27(39)37-12-4-5-23(16-37)38-17-24(28(35-38)19-6-9-22(31)10-7-19)30-33-25(18-41-30)29(40)34-26-11-8-20(13-32-26)21-14-36(2)15-21/h3,6-11,13,17-18,21,23H,1,4-5,12,14-16H2,2H3,(H,32,34,40). The Kier molecular flexibility index (Phi) is 7.46. The summed E-state index contributed by atoms with van der Waals surface area (Å²) in [4.78, 5) is 38.4. The summed E-state index contributed by atoms with van der Waals surface area (Å²) in [6, 6.07) is 9.94. The van der Waals surface area contributed by atoms with E-state index in [9.17, 15) is 14.0 Å². The first-order valence-corrected chi connectivity index (χ1v) is 14.4. The van der Waals surface area contributed by atoms with E-state index in [0.29, 0.717) is 35.5 Å². The number of hydrogen-bond acceptors (Lipinski definition) is 7. The predicted molar refractivity (Wildman–Crippen MR) is 156 cm³/mol. The van der Waals surface area contributed by atoms with Gasteiger partial charge in [-0.05, 0) is 61.9 Å². The van der Waals surface area contributed by atoms with Crippen LogP contribution in [0.3, 0.4) is 0 Å². The largest absolute Gasteiger partial charge is 0.337 e. The molecule has 5 heterocycles. The van der Waals surface area contributed by atoms with Gasteiger partial charge in [-0.2, -0.15) is 5.10 Å². The van der Waals surface area contributed by atoms with Crippen LogP contribution >= 0.6 is 11.3 Å². The highest BCUT2D eigenvalue weighted by Crippen LogP contribution is 2.35. The van der Waals surface area contributed by atoms with Crippen molar-refractivity contribution in [3.63, 3.8) is 0 Å². The van der Waals surface area contributed by atoms with Gasteiger partial charge in [0, 0.05) is 55.4 Å². The van der Waals surface area contributed by atoms with Gasteiger partial charge < -0.3 is 15.1 Å². The Hall–Kier alpha value is -4.22. The normalized spacial score (nSPS) is 17.7. The van der Waals surface area contributed by atoms with Crippen LogP contribution in [-0.4, -0.2) is 74.6 Å². The zero-order chi connectivity index (χ0) is 28.5. The summed E-state index contributed by atoms with van der Waals surface area (Å²) in [6.45, 7) is 6.83. The third-order valence-electron chi connectivity index (χ3n) is 7.64. The molecular weight excluding hydrogens is 541 g/mol. The van der Waals surface area contributed by atoms with E-state index < -0.39 is 0 Å². The number of rotatable bonds is 7. The van der Waals surface area contributed by atoms with Gasteiger partial charge in [-0.25, -0.2) is 14.4 Å². The molecule has 41 heavy (non-hydrogen) atoms. The van der Waals surface area contributed by atoms with Crippen LogP contribution in [0, 0.1) is 5.82 Å². The van der Waals surface area contributed by atoms with Gasteiger partial charge in [0.2, 0.25) is 5.91 Å². The summed E-state index contributed by atoms with van der Waals surface area (Å²) < 4.78 is 15.6. The number of nitrogens with one attached hydrogen (secondary N) is 1. The van der Waals surface area contributed by atoms with E-state index in [1.165, 1.54) is 29.5 Å². The number of piperidine rings is 1. The molecule has 3 aromatic heterocycles. The first-order valence-electron chi connectivity index (χ1n) is 13.6. The van der Waals surface area contributed by atoms with Crippen LogP contribution in [0.2, 0.25) is 0 Å². The number of thiazole rings is 1. The van der Waals surface area contributed by atoms with Gasteiger partial charge in [0.1, 0.15) is 28.0 Å². The van der Waals surface area contributed by atoms with Gasteiger partial charge in [-0.3, -0.25) is 14.3 Å². The average Bonchev–Trinajstić information content (AvgIpc) is 3.64. The number of nitrogens with zero attached hydrogens (tertiary/aromatic N) is 6. The number of anilines is 1. The predicted octanol–water partition coefficient (Wildman–Crippen LogP) is 4.84. The molecule has 1 unspecified atom stereocenters. The summed E-state index contributed by atoms with van der Waals surface area (Å²) in [5.41, 5.74) is 3.54. The van der Waals surface area contributed by atoms with Crippen molar-refractivity contribution >= 4 is 29.0 Å². The van der Waals surface area contributed by atoms with Gasteiger partial charge in [0.25, 0.3) is 5.91 Å². The summed E-state index contributed by atoms with van der Waals surface area (Å²) in [6.07, 6.45) is 6.77. The van der Waals surface area contributed by atoms with Crippen molar-refractivity contribution < 1.29 is 14.0 Å². The van der Waals surface area contributed by atoms with E-state index in [1.807, 2.05) is 29.2 Å². The van der Waals surface area contributed by atoms with Crippen LogP contribution < -0.4 is 5.32 Å². The van der Waals surface area contributed by atoms with Gasteiger partial charge in [0.15, 0.2) is 0 Å². The summed E-state index contributed by atoms with van der Waals surface area (Å²) >= 11 is 1.34. The van der Waals surface area contributed by atoms with E-state index >= 15 is 0 Å². The van der Waals surface area contributed by atoms with Gasteiger partial charge in [-0.1, -0.05) is 12.6 Å². The second-order valence-corrected chi connectivity index (χ2v) is 11.4. The van der Waals surface area contributed by atoms with E-state index in [2.05, 4.69) is 33.8 Å². The monoisotopic (exact) mass is 571 g/mol. The quantitative estimate of drug-likeness (QED) is 0.319. The highest BCUT2D eigenvalue weighted by atomic mass is 32.1. The number of carbonyl (C=O) groups excluding carboxylic acids is 2. The Bertz CT molecular complexity index is 1580. The second-order valence-electron chi connectivity index (χ2n) is 10.5. The topological polar surface area (TPSA) is 96.2 Å². The lowest BCUT2D eigenvalue weighted by Crippen LogP contribution is -2.41. The lowest BCUT2D eigenvalue weighted by Gasteiger charge is -2.36. The molecule has 210 valence electrons. The van der Waals surface area contributed by atoms with E-state index in [0.717, 1.165) is 42.6 Å². The number of pyridine rings is 1. The molecule has 1 aromatic carbocycles. The maximum atomic E-state index is 13.7. The Labute approximate surface area is 241 Å². The van der Waals surface area contributed by atoms with Crippen molar-refractivity contribution in [3.8, 4) is 21.8 Å². The fourth-order valence-corrected chi connectivity index (χ4v) is 6.18. The van der Waals surface area contributed by atoms with E-state index in [1.54, 1.807) is 22.4 Å². The lowest BCUT2D eigenvalue weighted by molar-refractivity contribution is -0.127. The molecule has 0 aliphatic carbocycles. The number of amides is 2. The number of halogens is 1. The smallest absolute Gasteiger partial charge is 0.276 e. The van der Waals surface area contributed by atoms with Crippen molar-refractivity contribution in [3.05, 3.63) is 83.9 Å². The van der Waals surface area contributed by atoms with Gasteiger partial charge in [-0.15, -0.1) is 11.3 Å². The average molecular weight is 572 g/mol. The minimum Gasteiger partial charge on any atom is -0.337 e. The van der Waals surface area contributed by atoms with Crippen LogP contribution in [0.4, 0.5) is 10.2 Å². The molecule has 2 fully saturated rings. The number of carbonyl (C=O) groups is 2. The molecular formula is C30H30FN7O2S. The molecule has 4 aromatic rings. The highest BCUT2D eigenvalue weighted by molar-refractivity contribution is 7.13. The maximum absolute atomic E-state index is 13.7. The zero-order valence-electron chi connectivity index (χ0n) is 22.7. The van der Waals surface area contributed by atoms with Crippen LogP contribution in [0.25, 0.3) is 21.8 Å². The third kappa shape index (κ3) is 5.68. The second kappa shape index (κ2) is 11.3. The highest BCUT2D eigenvalue weighted by Gasteiger charge is 2.27. The molecule has 0 radical (unpaired) electrons. The number of likely N-dealkylation sites (tertiary alicyclic amines) is 2. The molecule has 0 spiro atoms. The van der Waals surface area contributed by atoms with Gasteiger partial charge >= 0.3 is 0 Å². The fraction of sp³-hybridized carbons (Fsp3) is 0.300. The summed E-state index contributed by atoms with van der Waals surface area (Å²) in [7, 11) is 2.09. The Balaban J connectivity index is 1.25. The molecule has 11 heteroatoms. The molecule has 6 rings (SSSR count). The minimum atomic E-state index is -0.349. The van der Waals surface area contributed by atoms with E-state index in [-0.39, 0.29) is 29.4 Å². The van der Waals surface area contributed by atoms with Crippen molar-refractivity contribution in [2.75, 3.05) is 38.5 Å². The minimum absolute atomic E-state index is 0.0299.